The number of amides is 1. The second-order valence-corrected chi connectivity index (χ2v) is 6.35. The summed E-state index contributed by atoms with van der Waals surface area (Å²) in [5.41, 5.74) is 2.36. The molecule has 1 atom stereocenters. The lowest BCUT2D eigenvalue weighted by molar-refractivity contribution is -0.140. The number of likely N-dealkylation sites (tertiary alicyclic amines) is 1. The molecule has 0 spiro atoms. The largest absolute Gasteiger partial charge is 0.507 e. The maximum atomic E-state index is 12.7. The molecule has 2 aromatic rings. The van der Waals surface area contributed by atoms with Crippen molar-refractivity contribution >= 4 is 17.4 Å². The Morgan fingerprint density at radius 1 is 1.04 bits per heavy atom. The third-order valence-electron chi connectivity index (χ3n) is 4.54. The number of hydrogen-bond donors (Lipinski definition) is 2. The van der Waals surface area contributed by atoms with Gasteiger partial charge < -0.3 is 15.1 Å². The quantitative estimate of drug-likeness (QED) is 0.493. The van der Waals surface area contributed by atoms with Gasteiger partial charge in [-0.15, -0.1) is 0 Å². The number of benzene rings is 2. The van der Waals surface area contributed by atoms with Crippen LogP contribution >= 0.6 is 0 Å². The first kappa shape index (κ1) is 17.9. The van der Waals surface area contributed by atoms with Gasteiger partial charge in [-0.1, -0.05) is 60.2 Å². The molecule has 1 fully saturated rings. The molecule has 1 amide bonds. The standard InChI is InChI=1S/C21H21NO4/c1-14-8-10-16(11-9-14)19(24)17-18(15-6-3-2-4-7-15)22(12-5-13-23)21(26)20(17)25/h2-4,6-11,18,23-24H,5,12-13H2,1H3/b19-17+/t18-/m0/s1. The third-order valence-corrected chi connectivity index (χ3v) is 4.54. The summed E-state index contributed by atoms with van der Waals surface area (Å²) >= 11 is 0. The molecule has 2 N–H and O–H groups in total. The lowest BCUT2D eigenvalue weighted by Gasteiger charge is -2.25. The summed E-state index contributed by atoms with van der Waals surface area (Å²) in [6.07, 6.45) is 0.362. The highest BCUT2D eigenvalue weighted by Gasteiger charge is 2.45. The van der Waals surface area contributed by atoms with Gasteiger partial charge >= 0.3 is 0 Å². The molecule has 1 aliphatic heterocycles. The van der Waals surface area contributed by atoms with E-state index in [-0.39, 0.29) is 24.5 Å². The predicted molar refractivity (Wildman–Crippen MR) is 98.3 cm³/mol. The van der Waals surface area contributed by atoms with Gasteiger partial charge in [-0.3, -0.25) is 9.59 Å². The highest BCUT2D eigenvalue weighted by atomic mass is 16.3. The van der Waals surface area contributed by atoms with Crippen molar-refractivity contribution in [3.05, 3.63) is 76.9 Å². The van der Waals surface area contributed by atoms with Gasteiger partial charge in [0.25, 0.3) is 11.7 Å². The van der Waals surface area contributed by atoms with Crippen LogP contribution in [-0.4, -0.2) is 40.0 Å². The number of rotatable bonds is 5. The predicted octanol–water partition coefficient (Wildman–Crippen LogP) is 2.80. The Kier molecular flexibility index (Phi) is 5.19. The summed E-state index contributed by atoms with van der Waals surface area (Å²) < 4.78 is 0. The minimum absolute atomic E-state index is 0.0809. The zero-order valence-corrected chi connectivity index (χ0v) is 14.6. The summed E-state index contributed by atoms with van der Waals surface area (Å²) in [7, 11) is 0. The molecule has 1 heterocycles. The van der Waals surface area contributed by atoms with Gasteiger partial charge in [-0.2, -0.15) is 0 Å². The molecular weight excluding hydrogens is 330 g/mol. The number of aryl methyl sites for hydroxylation is 1. The zero-order chi connectivity index (χ0) is 18.7. The van der Waals surface area contributed by atoms with Crippen molar-refractivity contribution in [2.75, 3.05) is 13.2 Å². The minimum atomic E-state index is -0.699. The fourth-order valence-corrected chi connectivity index (χ4v) is 3.20. The third kappa shape index (κ3) is 3.26. The molecule has 0 bridgehead atoms. The van der Waals surface area contributed by atoms with Crippen LogP contribution < -0.4 is 0 Å². The van der Waals surface area contributed by atoms with E-state index in [0.29, 0.717) is 12.0 Å². The van der Waals surface area contributed by atoms with Crippen LogP contribution in [0.5, 0.6) is 0 Å². The van der Waals surface area contributed by atoms with Crippen LogP contribution in [0.3, 0.4) is 0 Å². The SMILES string of the molecule is Cc1ccc(/C(O)=C2\C(=O)C(=O)N(CCCO)[C@H]2c2ccccc2)cc1. The van der Waals surface area contributed by atoms with E-state index in [1.165, 1.54) is 4.90 Å². The zero-order valence-electron chi connectivity index (χ0n) is 14.6. The van der Waals surface area contributed by atoms with Crippen LogP contribution in [0.15, 0.2) is 60.2 Å². The van der Waals surface area contributed by atoms with E-state index in [1.54, 1.807) is 12.1 Å². The first-order chi connectivity index (χ1) is 12.5. The molecule has 2 aromatic carbocycles. The molecule has 0 aromatic heterocycles. The molecule has 0 radical (unpaired) electrons. The van der Waals surface area contributed by atoms with Gasteiger partial charge in [0.15, 0.2) is 0 Å². The van der Waals surface area contributed by atoms with Gasteiger partial charge in [0.05, 0.1) is 11.6 Å². The molecule has 134 valence electrons. The number of ketones is 1. The Hall–Kier alpha value is -2.92. The van der Waals surface area contributed by atoms with Crippen LogP contribution in [0.2, 0.25) is 0 Å². The Balaban J connectivity index is 2.14. The molecule has 26 heavy (non-hydrogen) atoms. The van der Waals surface area contributed by atoms with Crippen LogP contribution in [0.4, 0.5) is 0 Å². The maximum absolute atomic E-state index is 12.7. The maximum Gasteiger partial charge on any atom is 0.295 e. The van der Waals surface area contributed by atoms with E-state index >= 15 is 0 Å². The number of hydrogen-bond acceptors (Lipinski definition) is 4. The van der Waals surface area contributed by atoms with Gasteiger partial charge in [0.1, 0.15) is 5.76 Å². The highest BCUT2D eigenvalue weighted by molar-refractivity contribution is 6.46. The summed E-state index contributed by atoms with van der Waals surface area (Å²) in [6, 6.07) is 15.6. The fraction of sp³-hybridized carbons (Fsp3) is 0.238. The van der Waals surface area contributed by atoms with Crippen molar-refractivity contribution in [2.45, 2.75) is 19.4 Å². The van der Waals surface area contributed by atoms with E-state index in [0.717, 1.165) is 11.1 Å². The molecule has 5 heteroatoms. The summed E-state index contributed by atoms with van der Waals surface area (Å²) in [4.78, 5) is 26.6. The average molecular weight is 351 g/mol. The summed E-state index contributed by atoms with van der Waals surface area (Å²) in [6.45, 7) is 2.09. The van der Waals surface area contributed by atoms with Crippen LogP contribution in [-0.2, 0) is 9.59 Å². The molecule has 0 unspecified atom stereocenters. The van der Waals surface area contributed by atoms with E-state index in [4.69, 9.17) is 5.11 Å². The number of aliphatic hydroxyl groups is 2. The van der Waals surface area contributed by atoms with Crippen LogP contribution in [0, 0.1) is 6.92 Å². The smallest absolute Gasteiger partial charge is 0.295 e. The number of carbonyl (C=O) groups excluding carboxylic acids is 2. The number of Topliss-reactive ketones (excluding diaryl/α,β-unsaturated/α-hetero) is 1. The van der Waals surface area contributed by atoms with Gasteiger partial charge in [-0.05, 0) is 18.9 Å². The molecule has 5 nitrogen and oxygen atoms in total. The second-order valence-electron chi connectivity index (χ2n) is 6.35. The molecule has 0 aliphatic carbocycles. The van der Waals surface area contributed by atoms with Gasteiger partial charge in [0.2, 0.25) is 0 Å². The highest BCUT2D eigenvalue weighted by Crippen LogP contribution is 2.39. The van der Waals surface area contributed by atoms with Crippen molar-refractivity contribution in [2.24, 2.45) is 0 Å². The number of carbonyl (C=O) groups is 2. The topological polar surface area (TPSA) is 77.8 Å². The lowest BCUT2D eigenvalue weighted by atomic mass is 9.95. The van der Waals surface area contributed by atoms with E-state index in [9.17, 15) is 14.7 Å². The van der Waals surface area contributed by atoms with Crippen LogP contribution in [0.1, 0.15) is 29.2 Å². The lowest BCUT2D eigenvalue weighted by Crippen LogP contribution is -2.31. The summed E-state index contributed by atoms with van der Waals surface area (Å²) in [5.74, 6) is -1.53. The van der Waals surface area contributed by atoms with Crippen molar-refractivity contribution < 1.29 is 19.8 Å². The first-order valence-electron chi connectivity index (χ1n) is 8.56. The Bertz CT molecular complexity index is 840. The van der Waals surface area contributed by atoms with Gasteiger partial charge in [-0.25, -0.2) is 0 Å². The van der Waals surface area contributed by atoms with E-state index in [2.05, 4.69) is 0 Å². The van der Waals surface area contributed by atoms with Crippen molar-refractivity contribution in [3.8, 4) is 0 Å². The van der Waals surface area contributed by atoms with Crippen molar-refractivity contribution in [3.63, 3.8) is 0 Å². The van der Waals surface area contributed by atoms with Gasteiger partial charge in [0, 0.05) is 18.7 Å². The molecular formula is C21H21NO4. The van der Waals surface area contributed by atoms with Crippen LogP contribution in [0.25, 0.3) is 5.76 Å². The monoisotopic (exact) mass is 351 g/mol. The molecule has 1 aliphatic rings. The Morgan fingerprint density at radius 2 is 1.69 bits per heavy atom. The average Bonchev–Trinajstić information content (AvgIpc) is 2.91. The fourth-order valence-electron chi connectivity index (χ4n) is 3.20. The summed E-state index contributed by atoms with van der Waals surface area (Å²) in [5, 5.41) is 19.9. The Morgan fingerprint density at radius 3 is 2.31 bits per heavy atom. The van der Waals surface area contributed by atoms with Crippen molar-refractivity contribution in [1.29, 1.82) is 0 Å². The normalized spacial score (nSPS) is 19.2. The number of nitrogens with zero attached hydrogens (tertiary/aromatic N) is 1. The molecule has 1 saturated heterocycles. The Labute approximate surface area is 152 Å². The molecule has 0 saturated carbocycles. The van der Waals surface area contributed by atoms with Crippen molar-refractivity contribution in [1.82, 2.24) is 4.90 Å². The van der Waals surface area contributed by atoms with E-state index < -0.39 is 17.7 Å². The minimum Gasteiger partial charge on any atom is -0.507 e. The molecule has 3 rings (SSSR count). The second kappa shape index (κ2) is 7.54. The number of aliphatic hydroxyl groups excluding tert-OH is 2. The first-order valence-corrected chi connectivity index (χ1v) is 8.56. The van der Waals surface area contributed by atoms with E-state index in [1.807, 2.05) is 49.4 Å².